The molecule has 0 unspecified atom stereocenters. The van der Waals surface area contributed by atoms with Crippen molar-refractivity contribution < 1.29 is 34.2 Å². The van der Waals surface area contributed by atoms with E-state index in [1.165, 1.54) is 23.9 Å². The summed E-state index contributed by atoms with van der Waals surface area (Å²) < 4.78 is 0. The Bertz CT molecular complexity index is 857. The number of hydrogen-bond acceptors (Lipinski definition) is 7. The first-order valence-electron chi connectivity index (χ1n) is 9.19. The molecule has 0 radical (unpaired) electrons. The lowest BCUT2D eigenvalue weighted by atomic mass is 10.2. The lowest BCUT2D eigenvalue weighted by molar-refractivity contribution is -0.140. The molecule has 0 aliphatic carbocycles. The molecule has 1 aliphatic rings. The molecule has 0 saturated carbocycles. The van der Waals surface area contributed by atoms with Gasteiger partial charge in [0.1, 0.15) is 6.04 Å². The molecule has 13 nitrogen and oxygen atoms in total. The van der Waals surface area contributed by atoms with Crippen LogP contribution in [-0.2, 0) is 14.4 Å². The van der Waals surface area contributed by atoms with E-state index in [0.29, 0.717) is 24.2 Å². The number of benzene rings is 1. The first-order valence-corrected chi connectivity index (χ1v) is 9.19. The van der Waals surface area contributed by atoms with E-state index >= 15 is 0 Å². The van der Waals surface area contributed by atoms with Crippen LogP contribution in [0.3, 0.4) is 0 Å². The maximum atomic E-state index is 12.6. The summed E-state index contributed by atoms with van der Waals surface area (Å²) in [6.45, 7) is -0.459. The minimum absolute atomic E-state index is 0.150. The van der Waals surface area contributed by atoms with Gasteiger partial charge in [0.2, 0.25) is 5.91 Å². The first-order chi connectivity index (χ1) is 14.6. The SMILES string of the molecule is CN(C)C(=O)ONC(=N)c1ccc(N2CC[C@H](NC(=O)N[C@@H](CO)C(=O)O)C2=O)cc1. The van der Waals surface area contributed by atoms with Gasteiger partial charge in [-0.25, -0.2) is 14.4 Å². The van der Waals surface area contributed by atoms with Crippen molar-refractivity contribution in [2.24, 2.45) is 0 Å². The van der Waals surface area contributed by atoms with Gasteiger partial charge in [-0.3, -0.25) is 10.2 Å². The molecular formula is C18H24N6O7. The van der Waals surface area contributed by atoms with Crippen molar-refractivity contribution in [3.63, 3.8) is 0 Å². The average molecular weight is 436 g/mol. The van der Waals surface area contributed by atoms with Crippen molar-refractivity contribution in [3.05, 3.63) is 29.8 Å². The standard InChI is InChI=1S/C18H24N6O7/c1-23(2)18(30)31-22-14(19)10-3-5-11(6-4-10)24-8-7-12(15(24)26)20-17(29)21-13(9-25)16(27)28/h3-6,12-13,25H,7-9H2,1-2H3,(H2,19,22)(H,27,28)(H2,20,21,29)/t12-,13-/m0/s1. The summed E-state index contributed by atoms with van der Waals surface area (Å²) in [7, 11) is 3.00. The van der Waals surface area contributed by atoms with Gasteiger partial charge >= 0.3 is 18.1 Å². The Morgan fingerprint density at radius 3 is 2.48 bits per heavy atom. The lowest BCUT2D eigenvalue weighted by Crippen LogP contribution is -2.52. The third-order valence-electron chi connectivity index (χ3n) is 4.37. The summed E-state index contributed by atoms with van der Waals surface area (Å²) in [5.41, 5.74) is 3.19. The van der Waals surface area contributed by atoms with Gasteiger partial charge < -0.3 is 35.5 Å². The first kappa shape index (κ1) is 23.4. The van der Waals surface area contributed by atoms with Crippen LogP contribution in [0.2, 0.25) is 0 Å². The molecule has 2 atom stereocenters. The summed E-state index contributed by atoms with van der Waals surface area (Å²) >= 11 is 0. The number of amides is 4. The van der Waals surface area contributed by atoms with Gasteiger partial charge in [0.15, 0.2) is 11.9 Å². The minimum atomic E-state index is -1.47. The number of urea groups is 1. The number of aliphatic hydroxyl groups excluding tert-OH is 1. The summed E-state index contributed by atoms with van der Waals surface area (Å²) in [5, 5.41) is 30.2. The summed E-state index contributed by atoms with van der Waals surface area (Å²) in [6.07, 6.45) is -0.358. The molecular weight excluding hydrogens is 412 g/mol. The largest absolute Gasteiger partial charge is 0.480 e. The molecule has 0 aromatic heterocycles. The van der Waals surface area contributed by atoms with Crippen molar-refractivity contribution in [2.45, 2.75) is 18.5 Å². The number of carbonyl (C=O) groups excluding carboxylic acids is 3. The highest BCUT2D eigenvalue weighted by Crippen LogP contribution is 2.22. The number of hydrogen-bond donors (Lipinski definition) is 6. The number of aliphatic hydroxyl groups is 1. The Balaban J connectivity index is 1.93. The van der Waals surface area contributed by atoms with Gasteiger partial charge in [-0.15, -0.1) is 0 Å². The van der Waals surface area contributed by atoms with Crippen LogP contribution in [0.1, 0.15) is 12.0 Å². The monoisotopic (exact) mass is 436 g/mol. The van der Waals surface area contributed by atoms with Gasteiger partial charge in [-0.05, 0) is 30.7 Å². The van der Waals surface area contributed by atoms with Crippen molar-refractivity contribution in [1.29, 1.82) is 5.41 Å². The zero-order valence-corrected chi connectivity index (χ0v) is 16.9. The third kappa shape index (κ3) is 6.05. The fourth-order valence-electron chi connectivity index (χ4n) is 2.67. The van der Waals surface area contributed by atoms with Crippen LogP contribution in [0.25, 0.3) is 0 Å². The van der Waals surface area contributed by atoms with E-state index < -0.39 is 36.8 Å². The Kier molecular flexibility index (Phi) is 7.74. The van der Waals surface area contributed by atoms with Gasteiger partial charge in [-0.1, -0.05) is 0 Å². The fourth-order valence-corrected chi connectivity index (χ4v) is 2.67. The summed E-state index contributed by atoms with van der Waals surface area (Å²) in [5.74, 6) is -1.93. The second-order valence-electron chi connectivity index (χ2n) is 6.81. The van der Waals surface area contributed by atoms with E-state index in [4.69, 9.17) is 20.5 Å². The molecule has 1 aliphatic heterocycles. The van der Waals surface area contributed by atoms with Crippen LogP contribution < -0.4 is 21.0 Å². The topological polar surface area (TPSA) is 184 Å². The third-order valence-corrected chi connectivity index (χ3v) is 4.37. The smallest absolute Gasteiger partial charge is 0.433 e. The average Bonchev–Trinajstić information content (AvgIpc) is 3.09. The molecule has 4 amide bonds. The normalized spacial score (nSPS) is 16.3. The summed E-state index contributed by atoms with van der Waals surface area (Å²) in [6, 6.07) is 3.14. The van der Waals surface area contributed by atoms with E-state index in [1.807, 2.05) is 0 Å². The van der Waals surface area contributed by atoms with E-state index in [2.05, 4.69) is 16.1 Å². The zero-order chi connectivity index (χ0) is 23.1. The van der Waals surface area contributed by atoms with E-state index in [1.54, 1.807) is 24.3 Å². The molecule has 6 N–H and O–H groups in total. The predicted molar refractivity (Wildman–Crippen MR) is 108 cm³/mol. The molecule has 168 valence electrons. The maximum absolute atomic E-state index is 12.6. The molecule has 13 heteroatoms. The second kappa shape index (κ2) is 10.2. The quantitative estimate of drug-likeness (QED) is 0.187. The van der Waals surface area contributed by atoms with Crippen molar-refractivity contribution >= 4 is 35.5 Å². The van der Waals surface area contributed by atoms with Crippen molar-refractivity contribution in [3.8, 4) is 0 Å². The van der Waals surface area contributed by atoms with Crippen LogP contribution in [0.5, 0.6) is 0 Å². The molecule has 1 aromatic carbocycles. The number of aliphatic carboxylic acids is 1. The molecule has 1 saturated heterocycles. The molecule has 0 bridgehead atoms. The molecule has 31 heavy (non-hydrogen) atoms. The number of hydroxylamine groups is 1. The number of nitrogens with zero attached hydrogens (tertiary/aromatic N) is 2. The number of anilines is 1. The Labute approximate surface area is 177 Å². The molecule has 0 spiro atoms. The maximum Gasteiger partial charge on any atom is 0.433 e. The number of carboxylic acid groups (broad SMARTS) is 1. The van der Waals surface area contributed by atoms with Crippen LogP contribution in [-0.4, -0.2) is 84.3 Å². The van der Waals surface area contributed by atoms with Crippen LogP contribution >= 0.6 is 0 Å². The van der Waals surface area contributed by atoms with E-state index in [9.17, 15) is 19.2 Å². The van der Waals surface area contributed by atoms with Crippen molar-refractivity contribution in [2.75, 3.05) is 32.1 Å². The lowest BCUT2D eigenvalue weighted by Gasteiger charge is -2.19. The summed E-state index contributed by atoms with van der Waals surface area (Å²) in [4.78, 5) is 54.1. The fraction of sp³-hybridized carbons (Fsp3) is 0.389. The van der Waals surface area contributed by atoms with Crippen LogP contribution in [0, 0.1) is 5.41 Å². The van der Waals surface area contributed by atoms with Crippen LogP contribution in [0.15, 0.2) is 24.3 Å². The van der Waals surface area contributed by atoms with Gasteiger partial charge in [0.25, 0.3) is 0 Å². The number of carboxylic acids is 1. The number of carbonyl (C=O) groups is 4. The zero-order valence-electron chi connectivity index (χ0n) is 16.9. The van der Waals surface area contributed by atoms with E-state index in [0.717, 1.165) is 0 Å². The highest BCUT2D eigenvalue weighted by molar-refractivity contribution is 6.02. The Morgan fingerprint density at radius 1 is 1.29 bits per heavy atom. The van der Waals surface area contributed by atoms with Crippen molar-refractivity contribution in [1.82, 2.24) is 21.0 Å². The van der Waals surface area contributed by atoms with Gasteiger partial charge in [0, 0.05) is 31.9 Å². The molecule has 1 heterocycles. The second-order valence-corrected chi connectivity index (χ2v) is 6.81. The minimum Gasteiger partial charge on any atom is -0.480 e. The van der Waals surface area contributed by atoms with Gasteiger partial charge in [-0.2, -0.15) is 5.48 Å². The Hall–Kier alpha value is -3.87. The molecule has 1 aromatic rings. The number of amidine groups is 1. The molecule has 1 fully saturated rings. The highest BCUT2D eigenvalue weighted by Gasteiger charge is 2.34. The number of rotatable bonds is 6. The Morgan fingerprint density at radius 2 is 1.94 bits per heavy atom. The molecule has 2 rings (SSSR count). The number of nitrogens with one attached hydrogen (secondary N) is 4. The van der Waals surface area contributed by atoms with Crippen LogP contribution in [0.4, 0.5) is 15.3 Å². The highest BCUT2D eigenvalue weighted by atomic mass is 16.7. The van der Waals surface area contributed by atoms with Gasteiger partial charge in [0.05, 0.1) is 6.61 Å². The predicted octanol–water partition coefficient (Wildman–Crippen LogP) is -0.935. The van der Waals surface area contributed by atoms with E-state index in [-0.39, 0.29) is 11.7 Å².